The minimum absolute atomic E-state index is 0.0599. The Labute approximate surface area is 126 Å². The summed E-state index contributed by atoms with van der Waals surface area (Å²) in [7, 11) is 0. The minimum Gasteiger partial charge on any atom is -0.506 e. The van der Waals surface area contributed by atoms with Gasteiger partial charge in [0.05, 0.1) is 11.1 Å². The Balaban J connectivity index is 1.94. The van der Waals surface area contributed by atoms with Gasteiger partial charge in [-0.15, -0.1) is 0 Å². The normalized spacial score (nSPS) is 16.6. The molecule has 1 fully saturated rings. The molecule has 104 valence electrons. The second-order valence-corrected chi connectivity index (χ2v) is 5.97. The fourth-order valence-corrected chi connectivity index (χ4v) is 3.34. The number of carbonyl (C=O) groups excluding carboxylic acids is 1. The number of hydrogen-bond donors (Lipinski definition) is 2. The smallest absolute Gasteiger partial charge is 0.255 e. The van der Waals surface area contributed by atoms with Gasteiger partial charge in [-0.1, -0.05) is 46.3 Å². The summed E-state index contributed by atoms with van der Waals surface area (Å²) in [5.74, 6) is -0.142. The van der Waals surface area contributed by atoms with Gasteiger partial charge in [-0.3, -0.25) is 4.79 Å². The van der Waals surface area contributed by atoms with Crippen molar-refractivity contribution < 1.29 is 9.90 Å². The van der Waals surface area contributed by atoms with Crippen LogP contribution in [-0.2, 0) is 0 Å². The Morgan fingerprint density at radius 3 is 2.65 bits per heavy atom. The van der Waals surface area contributed by atoms with E-state index < -0.39 is 0 Å². The van der Waals surface area contributed by atoms with E-state index in [-0.39, 0.29) is 17.2 Å². The number of alkyl halides is 1. The van der Waals surface area contributed by atoms with Gasteiger partial charge >= 0.3 is 0 Å². The number of benzene rings is 2. The Hall–Kier alpha value is -1.55. The van der Waals surface area contributed by atoms with Gasteiger partial charge in [0.2, 0.25) is 0 Å². The van der Waals surface area contributed by atoms with Gasteiger partial charge in [-0.2, -0.15) is 0 Å². The van der Waals surface area contributed by atoms with Crippen LogP contribution in [0.1, 0.15) is 29.6 Å². The lowest BCUT2D eigenvalue weighted by molar-refractivity contribution is 0.0854. The molecule has 1 saturated carbocycles. The van der Waals surface area contributed by atoms with Crippen LogP contribution in [0, 0.1) is 0 Å². The van der Waals surface area contributed by atoms with Crippen LogP contribution in [0.15, 0.2) is 36.4 Å². The molecule has 1 aliphatic carbocycles. The Kier molecular flexibility index (Phi) is 3.42. The predicted octanol–water partition coefficient (Wildman–Crippen LogP) is 3.59. The number of aromatic hydroxyl groups is 1. The summed E-state index contributed by atoms with van der Waals surface area (Å²) in [5.41, 5.74) is 0.200. The van der Waals surface area contributed by atoms with Crippen molar-refractivity contribution in [2.24, 2.45) is 0 Å². The van der Waals surface area contributed by atoms with Crippen molar-refractivity contribution in [2.75, 3.05) is 5.33 Å². The number of nitrogens with one attached hydrogen (secondary N) is 1. The third kappa shape index (κ3) is 2.18. The molecule has 20 heavy (non-hydrogen) atoms. The zero-order valence-electron chi connectivity index (χ0n) is 11.0. The van der Waals surface area contributed by atoms with Gasteiger partial charge in [-0.05, 0) is 30.7 Å². The molecule has 0 bridgehead atoms. The van der Waals surface area contributed by atoms with E-state index in [0.29, 0.717) is 10.9 Å². The van der Waals surface area contributed by atoms with Crippen molar-refractivity contribution in [1.29, 1.82) is 0 Å². The van der Waals surface area contributed by atoms with Gasteiger partial charge in [0.1, 0.15) is 5.75 Å². The van der Waals surface area contributed by atoms with Crippen molar-refractivity contribution in [3.8, 4) is 5.75 Å². The summed E-state index contributed by atoms with van der Waals surface area (Å²) in [6, 6.07) is 11.1. The first-order valence-corrected chi connectivity index (χ1v) is 7.87. The molecule has 1 amide bonds. The standard InChI is InChI=1S/C16H16BrNO2/c17-10-16(8-3-9-16)18-15(20)13-7-6-11-4-1-2-5-12(11)14(13)19/h1-2,4-7,19H,3,8-10H2,(H,18,20). The van der Waals surface area contributed by atoms with Crippen LogP contribution in [0.3, 0.4) is 0 Å². The highest BCUT2D eigenvalue weighted by molar-refractivity contribution is 9.09. The summed E-state index contributed by atoms with van der Waals surface area (Å²) in [4.78, 5) is 12.4. The Bertz CT molecular complexity index is 659. The summed E-state index contributed by atoms with van der Waals surface area (Å²) in [6.45, 7) is 0. The van der Waals surface area contributed by atoms with Gasteiger partial charge in [0.25, 0.3) is 5.91 Å². The van der Waals surface area contributed by atoms with Crippen LogP contribution in [0.5, 0.6) is 5.75 Å². The number of phenolic OH excluding ortho intramolecular Hbond substituents is 1. The second-order valence-electron chi connectivity index (χ2n) is 5.40. The second kappa shape index (κ2) is 5.09. The van der Waals surface area contributed by atoms with Crippen molar-refractivity contribution >= 4 is 32.6 Å². The lowest BCUT2D eigenvalue weighted by atomic mass is 9.78. The highest BCUT2D eigenvalue weighted by atomic mass is 79.9. The van der Waals surface area contributed by atoms with Crippen LogP contribution >= 0.6 is 15.9 Å². The van der Waals surface area contributed by atoms with Crippen LogP contribution < -0.4 is 5.32 Å². The minimum atomic E-state index is -0.201. The zero-order valence-corrected chi connectivity index (χ0v) is 12.6. The van der Waals surface area contributed by atoms with Gasteiger partial charge in [-0.25, -0.2) is 0 Å². The van der Waals surface area contributed by atoms with E-state index in [4.69, 9.17) is 0 Å². The lowest BCUT2D eigenvalue weighted by Gasteiger charge is -2.41. The SMILES string of the molecule is O=C(NC1(CBr)CCC1)c1ccc2ccccc2c1O. The molecule has 0 spiro atoms. The maximum atomic E-state index is 12.4. The predicted molar refractivity (Wildman–Crippen MR) is 83.5 cm³/mol. The summed E-state index contributed by atoms with van der Waals surface area (Å²) in [6.07, 6.45) is 3.10. The van der Waals surface area contributed by atoms with E-state index in [1.807, 2.05) is 30.3 Å². The number of carbonyl (C=O) groups is 1. The van der Waals surface area contributed by atoms with Gasteiger partial charge in [0, 0.05) is 10.7 Å². The molecule has 0 unspecified atom stereocenters. The number of fused-ring (bicyclic) bond motifs is 1. The molecule has 1 aliphatic rings. The van der Waals surface area contributed by atoms with Crippen LogP contribution in [-0.4, -0.2) is 21.9 Å². The molecule has 2 aromatic rings. The molecule has 0 heterocycles. The van der Waals surface area contributed by atoms with E-state index in [1.54, 1.807) is 6.07 Å². The maximum absolute atomic E-state index is 12.4. The van der Waals surface area contributed by atoms with Crippen molar-refractivity contribution in [1.82, 2.24) is 5.32 Å². The summed E-state index contributed by atoms with van der Waals surface area (Å²) < 4.78 is 0. The largest absolute Gasteiger partial charge is 0.506 e. The first kappa shape index (κ1) is 13.4. The van der Waals surface area contributed by atoms with E-state index in [0.717, 1.165) is 30.0 Å². The van der Waals surface area contributed by atoms with Crippen LogP contribution in [0.2, 0.25) is 0 Å². The third-order valence-electron chi connectivity index (χ3n) is 4.09. The van der Waals surface area contributed by atoms with Crippen LogP contribution in [0.4, 0.5) is 0 Å². The van der Waals surface area contributed by atoms with Gasteiger partial charge in [0.15, 0.2) is 0 Å². The van der Waals surface area contributed by atoms with Crippen molar-refractivity contribution in [2.45, 2.75) is 24.8 Å². The average Bonchev–Trinajstić information content (AvgIpc) is 2.43. The Morgan fingerprint density at radius 2 is 2.00 bits per heavy atom. The molecule has 0 saturated heterocycles. The van der Waals surface area contributed by atoms with Crippen molar-refractivity contribution in [3.63, 3.8) is 0 Å². The maximum Gasteiger partial charge on any atom is 0.255 e. The highest BCUT2D eigenvalue weighted by Crippen LogP contribution is 2.35. The number of halogens is 1. The zero-order chi connectivity index (χ0) is 14.2. The van der Waals surface area contributed by atoms with E-state index in [9.17, 15) is 9.90 Å². The molecule has 2 aromatic carbocycles. The molecule has 3 nitrogen and oxygen atoms in total. The van der Waals surface area contributed by atoms with Gasteiger partial charge < -0.3 is 10.4 Å². The van der Waals surface area contributed by atoms with E-state index in [2.05, 4.69) is 21.2 Å². The monoisotopic (exact) mass is 333 g/mol. The number of hydrogen-bond acceptors (Lipinski definition) is 2. The quantitative estimate of drug-likeness (QED) is 0.843. The number of phenols is 1. The topological polar surface area (TPSA) is 49.3 Å². The number of amides is 1. The first-order chi connectivity index (χ1) is 9.65. The van der Waals surface area contributed by atoms with E-state index in [1.165, 1.54) is 0 Å². The molecule has 2 N–H and O–H groups in total. The van der Waals surface area contributed by atoms with Crippen molar-refractivity contribution in [3.05, 3.63) is 42.0 Å². The number of rotatable bonds is 3. The molecule has 4 heteroatoms. The highest BCUT2D eigenvalue weighted by Gasteiger charge is 2.37. The Morgan fingerprint density at radius 1 is 1.25 bits per heavy atom. The lowest BCUT2D eigenvalue weighted by Crippen LogP contribution is -2.54. The molecular weight excluding hydrogens is 318 g/mol. The molecular formula is C16H16BrNO2. The fraction of sp³-hybridized carbons (Fsp3) is 0.312. The summed E-state index contributed by atoms with van der Waals surface area (Å²) in [5, 5.41) is 15.8. The molecule has 0 radical (unpaired) electrons. The molecule has 0 aromatic heterocycles. The third-order valence-corrected chi connectivity index (χ3v) is 5.16. The molecule has 3 rings (SSSR count). The first-order valence-electron chi connectivity index (χ1n) is 6.74. The summed E-state index contributed by atoms with van der Waals surface area (Å²) >= 11 is 3.47. The van der Waals surface area contributed by atoms with Crippen LogP contribution in [0.25, 0.3) is 10.8 Å². The molecule has 0 atom stereocenters. The van der Waals surface area contributed by atoms with E-state index >= 15 is 0 Å². The molecule has 0 aliphatic heterocycles. The fourth-order valence-electron chi connectivity index (χ4n) is 2.64. The average molecular weight is 334 g/mol.